The van der Waals surface area contributed by atoms with Gasteiger partial charge in [0.15, 0.2) is 11.5 Å². The number of nitrogens with one attached hydrogen (secondary N) is 2. The lowest BCUT2D eigenvalue weighted by Crippen LogP contribution is -2.15. The maximum atomic E-state index is 12.4. The van der Waals surface area contributed by atoms with Gasteiger partial charge in [-0.05, 0) is 37.3 Å². The second-order valence-electron chi connectivity index (χ2n) is 5.51. The van der Waals surface area contributed by atoms with Crippen LogP contribution in [-0.2, 0) is 10.0 Å². The van der Waals surface area contributed by atoms with Crippen LogP contribution in [0.15, 0.2) is 56.4 Å². The van der Waals surface area contributed by atoms with Crippen molar-refractivity contribution in [2.45, 2.75) is 11.8 Å². The number of aryl methyl sites for hydroxylation is 1. The highest BCUT2D eigenvalue weighted by Gasteiger charge is 2.15. The molecular weight excluding hydrogens is 386 g/mol. The zero-order chi connectivity index (χ0) is 20.3. The van der Waals surface area contributed by atoms with Crippen molar-refractivity contribution in [3.05, 3.63) is 52.6 Å². The lowest BCUT2D eigenvalue weighted by Gasteiger charge is -2.06. The summed E-state index contributed by atoms with van der Waals surface area (Å²) in [6.07, 6.45) is 1.45. The van der Waals surface area contributed by atoms with Crippen LogP contribution >= 0.6 is 0 Å². The Bertz CT molecular complexity index is 1200. The number of H-pyrrole nitrogens is 1. The first-order chi connectivity index (χ1) is 13.2. The van der Waals surface area contributed by atoms with Gasteiger partial charge in [0, 0.05) is 11.9 Å². The first-order valence-corrected chi connectivity index (χ1v) is 9.22. The maximum Gasteiger partial charge on any atom is 0.282 e. The van der Waals surface area contributed by atoms with Crippen molar-refractivity contribution >= 4 is 39.1 Å². The fourth-order valence-corrected chi connectivity index (χ4v) is 3.03. The van der Waals surface area contributed by atoms with Crippen molar-refractivity contribution in [3.8, 4) is 0 Å². The molecule has 6 N–H and O–H groups in total. The van der Waals surface area contributed by atoms with Gasteiger partial charge in [-0.3, -0.25) is 9.78 Å². The van der Waals surface area contributed by atoms with Crippen molar-refractivity contribution in [2.75, 3.05) is 16.2 Å². The van der Waals surface area contributed by atoms with Crippen molar-refractivity contribution in [1.82, 2.24) is 19.9 Å². The maximum absolute atomic E-state index is 12.4. The van der Waals surface area contributed by atoms with E-state index in [1.165, 1.54) is 30.5 Å². The predicted molar refractivity (Wildman–Crippen MR) is 102 cm³/mol. The number of nitrogens with zero attached hydrogens (tertiary/aromatic N) is 5. The summed E-state index contributed by atoms with van der Waals surface area (Å²) in [7, 11) is -3.88. The Kier molecular flexibility index (Phi) is 5.00. The molecule has 0 saturated heterocycles. The van der Waals surface area contributed by atoms with E-state index in [0.29, 0.717) is 11.4 Å². The van der Waals surface area contributed by atoms with Gasteiger partial charge in [-0.2, -0.15) is 10.1 Å². The van der Waals surface area contributed by atoms with Gasteiger partial charge in [-0.1, -0.05) is 0 Å². The van der Waals surface area contributed by atoms with Crippen LogP contribution in [0.4, 0.5) is 29.1 Å². The number of aromatic amines is 1. The van der Waals surface area contributed by atoms with Gasteiger partial charge < -0.3 is 11.5 Å². The van der Waals surface area contributed by atoms with E-state index in [9.17, 15) is 13.2 Å². The number of nitrogen functional groups attached to an aromatic ring is 2. The molecule has 0 aliphatic heterocycles. The molecule has 0 amide bonds. The van der Waals surface area contributed by atoms with Gasteiger partial charge in [-0.25, -0.2) is 23.1 Å². The molecule has 3 rings (SSSR count). The minimum Gasteiger partial charge on any atom is -0.382 e. The molecule has 0 fully saturated rings. The number of azo groups is 1. The number of sulfonamides is 1. The van der Waals surface area contributed by atoms with Crippen molar-refractivity contribution in [3.63, 3.8) is 0 Å². The lowest BCUT2D eigenvalue weighted by molar-refractivity contribution is 0.601. The van der Waals surface area contributed by atoms with E-state index >= 15 is 0 Å². The van der Waals surface area contributed by atoms with Crippen molar-refractivity contribution < 1.29 is 8.42 Å². The highest BCUT2D eigenvalue weighted by molar-refractivity contribution is 7.92. The van der Waals surface area contributed by atoms with E-state index in [2.05, 4.69) is 34.9 Å². The monoisotopic (exact) mass is 401 g/mol. The molecule has 28 heavy (non-hydrogen) atoms. The number of nitrogens with two attached hydrogens (primary N) is 2. The Morgan fingerprint density at radius 3 is 2.43 bits per heavy atom. The summed E-state index contributed by atoms with van der Waals surface area (Å²) in [5.41, 5.74) is 11.0. The number of rotatable bonds is 5. The molecule has 2 heterocycles. The van der Waals surface area contributed by atoms with Crippen molar-refractivity contribution in [1.29, 1.82) is 0 Å². The Balaban J connectivity index is 1.81. The molecule has 1 aromatic carbocycles. The average Bonchev–Trinajstić information content (AvgIpc) is 2.61. The predicted octanol–water partition coefficient (Wildman–Crippen LogP) is 1.25. The Labute approximate surface area is 158 Å². The third-order valence-corrected chi connectivity index (χ3v) is 4.72. The molecule has 0 aliphatic rings. The fraction of sp³-hybridized carbons (Fsp3) is 0.0667. The van der Waals surface area contributed by atoms with Crippen LogP contribution in [0, 0.1) is 6.92 Å². The van der Waals surface area contributed by atoms with Crippen LogP contribution in [0.5, 0.6) is 0 Å². The quantitative estimate of drug-likeness (QED) is 0.458. The van der Waals surface area contributed by atoms with Gasteiger partial charge >= 0.3 is 0 Å². The van der Waals surface area contributed by atoms with Crippen LogP contribution < -0.4 is 21.7 Å². The Morgan fingerprint density at radius 2 is 1.79 bits per heavy atom. The molecule has 144 valence electrons. The van der Waals surface area contributed by atoms with Gasteiger partial charge in [0.2, 0.25) is 11.9 Å². The van der Waals surface area contributed by atoms with Crippen LogP contribution in [0.3, 0.4) is 0 Å². The zero-order valence-corrected chi connectivity index (χ0v) is 15.3. The zero-order valence-electron chi connectivity index (χ0n) is 14.5. The van der Waals surface area contributed by atoms with E-state index < -0.39 is 15.6 Å². The van der Waals surface area contributed by atoms with Crippen LogP contribution in [0.2, 0.25) is 0 Å². The molecule has 13 heteroatoms. The number of hydrogen-bond donors (Lipinski definition) is 4. The van der Waals surface area contributed by atoms with Crippen molar-refractivity contribution in [2.24, 2.45) is 10.2 Å². The summed E-state index contributed by atoms with van der Waals surface area (Å²) in [5.74, 6) is -0.345. The molecule has 2 aromatic heterocycles. The summed E-state index contributed by atoms with van der Waals surface area (Å²) < 4.78 is 27.1. The third kappa shape index (κ3) is 4.27. The minimum absolute atomic E-state index is 0.0249. The molecule has 0 saturated carbocycles. The summed E-state index contributed by atoms with van der Waals surface area (Å²) in [6.45, 7) is 1.72. The highest BCUT2D eigenvalue weighted by atomic mass is 32.2. The molecule has 0 spiro atoms. The van der Waals surface area contributed by atoms with Crippen LogP contribution in [0.25, 0.3) is 0 Å². The smallest absolute Gasteiger partial charge is 0.282 e. The number of aromatic nitrogens is 4. The topological polar surface area (TPSA) is 194 Å². The van der Waals surface area contributed by atoms with Gasteiger partial charge in [-0.15, -0.1) is 5.11 Å². The van der Waals surface area contributed by atoms with E-state index in [4.69, 9.17) is 11.5 Å². The SMILES string of the molecule is Cc1ccnc(NS(=O)(=O)c2ccc(N=Nc3c(N)nc(N)[nH]c3=O)cc2)n1. The normalized spacial score (nSPS) is 11.6. The Morgan fingerprint density at radius 1 is 1.07 bits per heavy atom. The standard InChI is InChI=1S/C15H15N9O3S/c1-8-6-7-18-15(19-8)24-28(26,27)10-4-2-9(3-5-10)22-23-11-12(16)20-14(17)21-13(11)25/h2-7H,1H3,(H,18,19,24)(H5,16,17,20,21,25). The van der Waals surface area contributed by atoms with E-state index in [0.717, 1.165) is 0 Å². The third-order valence-electron chi connectivity index (χ3n) is 3.37. The average molecular weight is 401 g/mol. The molecule has 3 aromatic rings. The number of benzene rings is 1. The fourth-order valence-electron chi connectivity index (χ4n) is 2.08. The number of anilines is 3. The van der Waals surface area contributed by atoms with E-state index in [-0.39, 0.29) is 28.3 Å². The summed E-state index contributed by atoms with van der Waals surface area (Å²) in [5, 5.41) is 7.59. The highest BCUT2D eigenvalue weighted by Crippen LogP contribution is 2.21. The molecule has 0 bridgehead atoms. The number of hydrogen-bond acceptors (Lipinski definition) is 10. The first-order valence-electron chi connectivity index (χ1n) is 7.74. The largest absolute Gasteiger partial charge is 0.382 e. The second-order valence-corrected chi connectivity index (χ2v) is 7.19. The minimum atomic E-state index is -3.88. The summed E-state index contributed by atoms with van der Waals surface area (Å²) >= 11 is 0. The van der Waals surface area contributed by atoms with E-state index in [1.807, 2.05) is 0 Å². The second kappa shape index (κ2) is 7.40. The molecule has 0 unspecified atom stereocenters. The summed E-state index contributed by atoms with van der Waals surface area (Å²) in [4.78, 5) is 25.5. The Hall–Kier alpha value is -3.87. The molecule has 12 nitrogen and oxygen atoms in total. The van der Waals surface area contributed by atoms with Gasteiger partial charge in [0.1, 0.15) is 0 Å². The van der Waals surface area contributed by atoms with Gasteiger partial charge in [0.05, 0.1) is 10.6 Å². The molecular formula is C15H15N9O3S. The van der Waals surface area contributed by atoms with Crippen LogP contribution in [-0.4, -0.2) is 28.4 Å². The molecule has 0 atom stereocenters. The lowest BCUT2D eigenvalue weighted by atomic mass is 10.3. The van der Waals surface area contributed by atoms with Crippen LogP contribution in [0.1, 0.15) is 5.69 Å². The molecule has 0 aliphatic carbocycles. The first kappa shape index (κ1) is 18.9. The molecule has 0 radical (unpaired) electrons. The van der Waals surface area contributed by atoms with E-state index in [1.54, 1.807) is 13.0 Å². The summed E-state index contributed by atoms with van der Waals surface area (Å²) in [6, 6.07) is 7.10. The van der Waals surface area contributed by atoms with Gasteiger partial charge in [0.25, 0.3) is 15.6 Å².